The molecule has 1 aliphatic rings. The van der Waals surface area contributed by atoms with Crippen LogP contribution in [0.5, 0.6) is 5.75 Å². The van der Waals surface area contributed by atoms with E-state index in [0.717, 1.165) is 42.9 Å². The van der Waals surface area contributed by atoms with Gasteiger partial charge in [0.1, 0.15) is 5.75 Å². The molecule has 5 nitrogen and oxygen atoms in total. The Labute approximate surface area is 160 Å². The van der Waals surface area contributed by atoms with Gasteiger partial charge in [-0.3, -0.25) is 9.59 Å². The third kappa shape index (κ3) is 5.09. The second kappa shape index (κ2) is 9.21. The molecule has 0 aliphatic carbocycles. The van der Waals surface area contributed by atoms with Crippen LogP contribution in [0, 0.1) is 0 Å². The van der Waals surface area contributed by atoms with Crippen molar-refractivity contribution in [2.24, 2.45) is 0 Å². The molecule has 1 aliphatic heterocycles. The van der Waals surface area contributed by atoms with Gasteiger partial charge in [0.2, 0.25) is 0 Å². The zero-order valence-electron chi connectivity index (χ0n) is 15.7. The standard InChI is InChI=1S/C22H26N2O3/c1-27-20-11-7-17(8-12-20)21(25)13-14-23-19-9-5-18(6-10-19)22(26)24-15-3-2-4-16-24/h5-12,23H,2-4,13-16H2,1H3. The van der Waals surface area contributed by atoms with E-state index in [0.29, 0.717) is 18.5 Å². The van der Waals surface area contributed by atoms with Crippen LogP contribution in [0.4, 0.5) is 5.69 Å². The number of hydrogen-bond acceptors (Lipinski definition) is 4. The van der Waals surface area contributed by atoms with E-state index < -0.39 is 0 Å². The number of ketones is 1. The molecule has 1 fully saturated rings. The Hall–Kier alpha value is -2.82. The van der Waals surface area contributed by atoms with Crippen molar-refractivity contribution >= 4 is 17.4 Å². The molecule has 0 aromatic heterocycles. The van der Waals surface area contributed by atoms with Crippen LogP contribution >= 0.6 is 0 Å². The van der Waals surface area contributed by atoms with Crippen LogP contribution in [0.3, 0.4) is 0 Å². The molecule has 0 spiro atoms. The number of hydrogen-bond donors (Lipinski definition) is 1. The van der Waals surface area contributed by atoms with Crippen molar-refractivity contribution in [2.75, 3.05) is 32.1 Å². The van der Waals surface area contributed by atoms with Crippen LogP contribution in [0.1, 0.15) is 46.4 Å². The van der Waals surface area contributed by atoms with Gasteiger partial charge in [0.05, 0.1) is 7.11 Å². The molecule has 27 heavy (non-hydrogen) atoms. The number of nitrogens with one attached hydrogen (secondary N) is 1. The lowest BCUT2D eigenvalue weighted by Crippen LogP contribution is -2.35. The summed E-state index contributed by atoms with van der Waals surface area (Å²) in [6.45, 7) is 2.25. The molecule has 142 valence electrons. The van der Waals surface area contributed by atoms with Gasteiger partial charge in [-0.05, 0) is 67.8 Å². The Morgan fingerprint density at radius 2 is 1.56 bits per heavy atom. The number of carbonyl (C=O) groups is 2. The van der Waals surface area contributed by atoms with Gasteiger partial charge >= 0.3 is 0 Å². The summed E-state index contributed by atoms with van der Waals surface area (Å²) in [4.78, 5) is 26.6. The number of anilines is 1. The number of methoxy groups -OCH3 is 1. The lowest BCUT2D eigenvalue weighted by atomic mass is 10.1. The average molecular weight is 366 g/mol. The fraction of sp³-hybridized carbons (Fsp3) is 0.364. The van der Waals surface area contributed by atoms with Crippen molar-refractivity contribution in [3.05, 3.63) is 59.7 Å². The first-order chi connectivity index (χ1) is 13.2. The highest BCUT2D eigenvalue weighted by Crippen LogP contribution is 2.16. The van der Waals surface area contributed by atoms with Crippen LogP contribution in [0.2, 0.25) is 0 Å². The van der Waals surface area contributed by atoms with Crippen LogP contribution in [0.25, 0.3) is 0 Å². The molecule has 3 rings (SSSR count). The molecule has 0 atom stereocenters. The number of amides is 1. The second-order valence-corrected chi connectivity index (χ2v) is 6.76. The highest BCUT2D eigenvalue weighted by Gasteiger charge is 2.17. The first-order valence-corrected chi connectivity index (χ1v) is 9.48. The Kier molecular flexibility index (Phi) is 6.47. The predicted molar refractivity (Wildman–Crippen MR) is 107 cm³/mol. The van der Waals surface area contributed by atoms with Gasteiger partial charge in [0.25, 0.3) is 5.91 Å². The van der Waals surface area contributed by atoms with Gasteiger partial charge in [0, 0.05) is 42.9 Å². The second-order valence-electron chi connectivity index (χ2n) is 6.76. The molecule has 1 amide bonds. The normalized spacial score (nSPS) is 13.9. The van der Waals surface area contributed by atoms with Gasteiger partial charge in [-0.25, -0.2) is 0 Å². The number of nitrogens with zero attached hydrogens (tertiary/aromatic N) is 1. The van der Waals surface area contributed by atoms with E-state index >= 15 is 0 Å². The molecule has 2 aromatic carbocycles. The minimum atomic E-state index is 0.0852. The molecule has 0 radical (unpaired) electrons. The van der Waals surface area contributed by atoms with Crippen LogP contribution in [-0.2, 0) is 0 Å². The van der Waals surface area contributed by atoms with Crippen LogP contribution in [0.15, 0.2) is 48.5 Å². The molecule has 1 N–H and O–H groups in total. The number of Topliss-reactive ketones (excluding diaryl/α,β-unsaturated/α-hetero) is 1. The van der Waals surface area contributed by atoms with Gasteiger partial charge in [-0.1, -0.05) is 0 Å². The molecule has 0 unspecified atom stereocenters. The maximum atomic E-state index is 12.5. The zero-order chi connectivity index (χ0) is 19.1. The minimum Gasteiger partial charge on any atom is -0.497 e. The first-order valence-electron chi connectivity index (χ1n) is 9.48. The lowest BCUT2D eigenvalue weighted by Gasteiger charge is -2.26. The van der Waals surface area contributed by atoms with E-state index in [4.69, 9.17) is 4.74 Å². The molecule has 2 aromatic rings. The van der Waals surface area contributed by atoms with E-state index in [1.165, 1.54) is 6.42 Å². The fourth-order valence-electron chi connectivity index (χ4n) is 3.25. The monoisotopic (exact) mass is 366 g/mol. The third-order valence-electron chi connectivity index (χ3n) is 4.87. The van der Waals surface area contributed by atoms with Crippen molar-refractivity contribution in [1.82, 2.24) is 4.90 Å². The molecular formula is C22H26N2O3. The van der Waals surface area contributed by atoms with Crippen LogP contribution in [-0.4, -0.2) is 43.3 Å². The molecule has 1 heterocycles. The largest absolute Gasteiger partial charge is 0.497 e. The van der Waals surface area contributed by atoms with Crippen molar-refractivity contribution < 1.29 is 14.3 Å². The molecule has 0 saturated carbocycles. The summed E-state index contributed by atoms with van der Waals surface area (Å²) in [5.41, 5.74) is 2.31. The van der Waals surface area contributed by atoms with E-state index in [2.05, 4.69) is 5.32 Å². The van der Waals surface area contributed by atoms with Gasteiger partial charge < -0.3 is 15.0 Å². The van der Waals surface area contributed by atoms with Crippen LogP contribution < -0.4 is 10.1 Å². The minimum absolute atomic E-state index is 0.0852. The number of likely N-dealkylation sites (tertiary alicyclic amines) is 1. The van der Waals surface area contributed by atoms with Gasteiger partial charge in [-0.15, -0.1) is 0 Å². The average Bonchev–Trinajstić information content (AvgIpc) is 2.74. The number of ether oxygens (including phenoxy) is 1. The Morgan fingerprint density at radius 1 is 0.926 bits per heavy atom. The van der Waals surface area contributed by atoms with Gasteiger partial charge in [-0.2, -0.15) is 0 Å². The van der Waals surface area contributed by atoms with E-state index in [1.807, 2.05) is 29.2 Å². The quantitative estimate of drug-likeness (QED) is 0.753. The summed E-state index contributed by atoms with van der Waals surface area (Å²) >= 11 is 0. The summed E-state index contributed by atoms with van der Waals surface area (Å²) in [7, 11) is 1.60. The SMILES string of the molecule is COc1ccc(C(=O)CCNc2ccc(C(=O)N3CCCCC3)cc2)cc1. The van der Waals surface area contributed by atoms with E-state index in [-0.39, 0.29) is 11.7 Å². The van der Waals surface area contributed by atoms with Crippen molar-refractivity contribution in [3.8, 4) is 5.75 Å². The number of carbonyl (C=O) groups excluding carboxylic acids is 2. The third-order valence-corrected chi connectivity index (χ3v) is 4.87. The number of piperidine rings is 1. The Morgan fingerprint density at radius 3 is 2.19 bits per heavy atom. The summed E-state index contributed by atoms with van der Waals surface area (Å²) in [6.07, 6.45) is 3.80. The van der Waals surface area contributed by atoms with Gasteiger partial charge in [0.15, 0.2) is 5.78 Å². The smallest absolute Gasteiger partial charge is 0.253 e. The Bertz CT molecular complexity index is 763. The molecule has 1 saturated heterocycles. The topological polar surface area (TPSA) is 58.6 Å². The lowest BCUT2D eigenvalue weighted by molar-refractivity contribution is 0.0724. The van der Waals surface area contributed by atoms with Crippen molar-refractivity contribution in [3.63, 3.8) is 0 Å². The maximum absolute atomic E-state index is 12.5. The maximum Gasteiger partial charge on any atom is 0.253 e. The first kappa shape index (κ1) is 19.0. The summed E-state index contributed by atoms with van der Waals surface area (Å²) in [5.74, 6) is 0.932. The molecular weight excluding hydrogens is 340 g/mol. The summed E-state index contributed by atoms with van der Waals surface area (Å²) < 4.78 is 5.10. The van der Waals surface area contributed by atoms with E-state index in [9.17, 15) is 9.59 Å². The molecule has 5 heteroatoms. The molecule has 0 bridgehead atoms. The number of rotatable bonds is 7. The summed E-state index contributed by atoms with van der Waals surface area (Å²) in [5, 5.41) is 3.24. The highest BCUT2D eigenvalue weighted by molar-refractivity contribution is 5.96. The zero-order valence-corrected chi connectivity index (χ0v) is 15.7. The predicted octanol–water partition coefficient (Wildman–Crippen LogP) is 4.01. The fourth-order valence-corrected chi connectivity index (χ4v) is 3.25. The van der Waals surface area contributed by atoms with Crippen molar-refractivity contribution in [2.45, 2.75) is 25.7 Å². The highest BCUT2D eigenvalue weighted by atomic mass is 16.5. The van der Waals surface area contributed by atoms with Crippen molar-refractivity contribution in [1.29, 1.82) is 0 Å². The van der Waals surface area contributed by atoms with E-state index in [1.54, 1.807) is 31.4 Å². The Balaban J connectivity index is 1.48. The summed E-state index contributed by atoms with van der Waals surface area (Å²) in [6, 6.07) is 14.6. The number of benzene rings is 2.